The number of esters is 1. The zero-order valence-corrected chi connectivity index (χ0v) is 15.4. The number of carbonyl (C=O) groups is 1. The van der Waals surface area contributed by atoms with Crippen LogP contribution < -0.4 is 5.32 Å². The van der Waals surface area contributed by atoms with E-state index in [2.05, 4.69) is 16.6 Å². The second-order valence-electron chi connectivity index (χ2n) is 5.55. The molecule has 0 heterocycles. The topological polar surface area (TPSA) is 75.7 Å². The molecular weight excluding hydrogens is 328 g/mol. The Morgan fingerprint density at radius 2 is 2.00 bits per heavy atom. The minimum Gasteiger partial charge on any atom is -0.465 e. The smallest absolute Gasteiger partial charge is 0.337 e. The van der Waals surface area contributed by atoms with Gasteiger partial charge in [0.2, 0.25) is 10.0 Å². The number of carbonyl (C=O) groups excluding carboxylic acids is 1. The van der Waals surface area contributed by atoms with Gasteiger partial charge in [0.15, 0.2) is 0 Å². The lowest BCUT2D eigenvalue weighted by Gasteiger charge is -2.17. The van der Waals surface area contributed by atoms with Gasteiger partial charge >= 0.3 is 5.97 Å². The van der Waals surface area contributed by atoms with Crippen molar-refractivity contribution in [2.45, 2.75) is 30.6 Å². The van der Waals surface area contributed by atoms with Crippen molar-refractivity contribution in [2.75, 3.05) is 33.1 Å². The van der Waals surface area contributed by atoms with Crippen LogP contribution in [0.25, 0.3) is 0 Å². The summed E-state index contributed by atoms with van der Waals surface area (Å²) >= 11 is 0. The highest BCUT2D eigenvalue weighted by Crippen LogP contribution is 2.25. The molecule has 6 nitrogen and oxygen atoms in total. The molecule has 1 aromatic rings. The third-order valence-electron chi connectivity index (χ3n) is 3.56. The highest BCUT2D eigenvalue weighted by molar-refractivity contribution is 7.89. The summed E-state index contributed by atoms with van der Waals surface area (Å²) < 4.78 is 30.8. The number of nitrogens with one attached hydrogen (secondary N) is 1. The van der Waals surface area contributed by atoms with Crippen molar-refractivity contribution in [3.05, 3.63) is 36.4 Å². The fourth-order valence-electron chi connectivity index (χ4n) is 2.14. The lowest BCUT2D eigenvalue weighted by atomic mass is 10.2. The molecule has 0 unspecified atom stereocenters. The summed E-state index contributed by atoms with van der Waals surface area (Å²) in [6.07, 6.45) is 5.90. The molecule has 0 radical (unpaired) electrons. The lowest BCUT2D eigenvalue weighted by Crippen LogP contribution is -2.24. The fourth-order valence-corrected chi connectivity index (χ4v) is 3.22. The number of hydrogen-bond acceptors (Lipinski definition) is 5. The fraction of sp³-hybridized carbons (Fsp3) is 0.471. The molecule has 0 saturated carbocycles. The zero-order valence-electron chi connectivity index (χ0n) is 14.5. The van der Waals surface area contributed by atoms with Crippen molar-refractivity contribution in [2.24, 2.45) is 0 Å². The van der Waals surface area contributed by atoms with Gasteiger partial charge in [-0.15, -0.1) is 6.58 Å². The molecule has 0 aliphatic heterocycles. The number of allylic oxidation sites excluding steroid dienone is 1. The SMILES string of the molecule is C=CCCCCCNc1ccc(C(=O)OC)cc1S(=O)(=O)N(C)C. The number of rotatable bonds is 10. The Bertz CT molecular complexity index is 669. The quantitative estimate of drug-likeness (QED) is 0.397. The first-order chi connectivity index (χ1) is 11.3. The molecule has 0 aromatic heterocycles. The minimum atomic E-state index is -3.67. The van der Waals surface area contributed by atoms with Crippen molar-refractivity contribution in [1.29, 1.82) is 0 Å². The lowest BCUT2D eigenvalue weighted by molar-refractivity contribution is 0.0600. The molecular formula is C17H26N2O4S. The van der Waals surface area contributed by atoms with Crippen LogP contribution in [-0.2, 0) is 14.8 Å². The molecule has 0 saturated heterocycles. The largest absolute Gasteiger partial charge is 0.465 e. The van der Waals surface area contributed by atoms with Crippen LogP contribution in [0.15, 0.2) is 35.7 Å². The van der Waals surface area contributed by atoms with E-state index in [0.717, 1.165) is 30.0 Å². The molecule has 0 spiro atoms. The van der Waals surface area contributed by atoms with E-state index in [9.17, 15) is 13.2 Å². The number of sulfonamides is 1. The summed E-state index contributed by atoms with van der Waals surface area (Å²) in [6.45, 7) is 4.34. The van der Waals surface area contributed by atoms with E-state index in [1.54, 1.807) is 12.1 Å². The zero-order chi connectivity index (χ0) is 18.2. The number of anilines is 1. The summed E-state index contributed by atoms with van der Waals surface area (Å²) in [5, 5.41) is 3.15. The number of benzene rings is 1. The summed E-state index contributed by atoms with van der Waals surface area (Å²) in [6, 6.07) is 4.51. The van der Waals surface area contributed by atoms with E-state index in [1.165, 1.54) is 27.3 Å². The predicted octanol–water partition coefficient (Wildman–Crippen LogP) is 2.88. The van der Waals surface area contributed by atoms with Gasteiger partial charge in [0, 0.05) is 20.6 Å². The van der Waals surface area contributed by atoms with Gasteiger partial charge in [-0.25, -0.2) is 17.5 Å². The summed E-state index contributed by atoms with van der Waals surface area (Å²) in [7, 11) is 0.504. The van der Waals surface area contributed by atoms with Crippen LogP contribution in [0.4, 0.5) is 5.69 Å². The van der Waals surface area contributed by atoms with Crippen LogP contribution in [0.3, 0.4) is 0 Å². The maximum atomic E-state index is 12.5. The van der Waals surface area contributed by atoms with E-state index in [0.29, 0.717) is 12.2 Å². The predicted molar refractivity (Wildman–Crippen MR) is 95.8 cm³/mol. The van der Waals surface area contributed by atoms with Gasteiger partial charge in [0.1, 0.15) is 4.90 Å². The standard InChI is InChI=1S/C17H26N2O4S/c1-5-6-7-8-9-12-18-15-11-10-14(17(20)23-4)13-16(15)24(21,22)19(2)3/h5,10-11,13,18H,1,6-9,12H2,2-4H3. The molecule has 134 valence electrons. The van der Waals surface area contributed by atoms with E-state index in [-0.39, 0.29) is 10.5 Å². The molecule has 0 atom stereocenters. The van der Waals surface area contributed by atoms with Crippen molar-refractivity contribution in [3.8, 4) is 0 Å². The van der Waals surface area contributed by atoms with Crippen molar-refractivity contribution in [3.63, 3.8) is 0 Å². The Labute approximate surface area is 144 Å². The van der Waals surface area contributed by atoms with Crippen LogP contribution >= 0.6 is 0 Å². The number of hydrogen-bond donors (Lipinski definition) is 1. The molecule has 7 heteroatoms. The second-order valence-corrected chi connectivity index (χ2v) is 7.67. The van der Waals surface area contributed by atoms with Gasteiger partial charge in [-0.05, 0) is 37.5 Å². The number of unbranched alkanes of at least 4 members (excludes halogenated alkanes) is 3. The average molecular weight is 354 g/mol. The second kappa shape index (κ2) is 9.44. The molecule has 1 rings (SSSR count). The first-order valence-electron chi connectivity index (χ1n) is 7.84. The van der Waals surface area contributed by atoms with E-state index >= 15 is 0 Å². The number of nitrogens with zero attached hydrogens (tertiary/aromatic N) is 1. The van der Waals surface area contributed by atoms with Crippen molar-refractivity contribution < 1.29 is 17.9 Å². The summed E-state index contributed by atoms with van der Waals surface area (Å²) in [5.74, 6) is -0.568. The highest BCUT2D eigenvalue weighted by atomic mass is 32.2. The van der Waals surface area contributed by atoms with E-state index < -0.39 is 16.0 Å². The molecule has 1 N–H and O–H groups in total. The number of ether oxygens (including phenoxy) is 1. The van der Waals surface area contributed by atoms with Crippen LogP contribution in [0.1, 0.15) is 36.0 Å². The van der Waals surface area contributed by atoms with Gasteiger partial charge in [-0.1, -0.05) is 12.5 Å². The molecule has 0 fully saturated rings. The van der Waals surface area contributed by atoms with Gasteiger partial charge in [-0.2, -0.15) is 0 Å². The first kappa shape index (κ1) is 20.2. The average Bonchev–Trinajstić information content (AvgIpc) is 2.57. The summed E-state index contributed by atoms with van der Waals surface area (Å²) in [4.78, 5) is 11.7. The third-order valence-corrected chi connectivity index (χ3v) is 5.42. The van der Waals surface area contributed by atoms with Gasteiger partial charge in [0.25, 0.3) is 0 Å². The Hall–Kier alpha value is -1.86. The van der Waals surface area contributed by atoms with E-state index in [4.69, 9.17) is 0 Å². The van der Waals surface area contributed by atoms with Crippen LogP contribution in [-0.4, -0.2) is 46.4 Å². The normalized spacial score (nSPS) is 11.3. The van der Waals surface area contributed by atoms with Crippen molar-refractivity contribution in [1.82, 2.24) is 4.31 Å². The van der Waals surface area contributed by atoms with Gasteiger partial charge < -0.3 is 10.1 Å². The third kappa shape index (κ3) is 5.35. The Balaban J connectivity index is 2.98. The Kier molecular flexibility index (Phi) is 7.94. The van der Waals surface area contributed by atoms with E-state index in [1.807, 2.05) is 6.08 Å². The molecule has 0 aliphatic carbocycles. The Morgan fingerprint density at radius 1 is 1.29 bits per heavy atom. The van der Waals surface area contributed by atoms with Gasteiger partial charge in [0.05, 0.1) is 18.4 Å². The maximum absolute atomic E-state index is 12.5. The molecule has 0 aliphatic rings. The number of methoxy groups -OCH3 is 1. The molecule has 24 heavy (non-hydrogen) atoms. The maximum Gasteiger partial charge on any atom is 0.337 e. The van der Waals surface area contributed by atoms with Gasteiger partial charge in [-0.3, -0.25) is 0 Å². The Morgan fingerprint density at radius 3 is 2.58 bits per heavy atom. The van der Waals surface area contributed by atoms with Crippen LogP contribution in [0.2, 0.25) is 0 Å². The monoisotopic (exact) mass is 354 g/mol. The van der Waals surface area contributed by atoms with Crippen LogP contribution in [0, 0.1) is 0 Å². The van der Waals surface area contributed by atoms with Crippen molar-refractivity contribution >= 4 is 21.7 Å². The van der Waals surface area contributed by atoms with Crippen LogP contribution in [0.5, 0.6) is 0 Å². The molecule has 0 bridgehead atoms. The summed E-state index contributed by atoms with van der Waals surface area (Å²) in [5.41, 5.74) is 0.689. The highest BCUT2D eigenvalue weighted by Gasteiger charge is 2.23. The molecule has 1 aromatic carbocycles. The first-order valence-corrected chi connectivity index (χ1v) is 9.28. The molecule has 0 amide bonds. The minimum absolute atomic E-state index is 0.0708.